The van der Waals surface area contributed by atoms with Crippen molar-refractivity contribution in [2.24, 2.45) is 0 Å². The molecule has 0 aliphatic carbocycles. The van der Waals surface area contributed by atoms with Gasteiger partial charge < -0.3 is 14.8 Å². The highest BCUT2D eigenvalue weighted by Crippen LogP contribution is 2.18. The number of nitrogens with zero attached hydrogens (tertiary/aromatic N) is 3. The van der Waals surface area contributed by atoms with E-state index in [1.54, 1.807) is 5.38 Å². The first-order valence-electron chi connectivity index (χ1n) is 10.9. The van der Waals surface area contributed by atoms with E-state index in [0.29, 0.717) is 31.9 Å². The van der Waals surface area contributed by atoms with Crippen LogP contribution in [0.2, 0.25) is 0 Å². The van der Waals surface area contributed by atoms with Crippen LogP contribution in [-0.2, 0) is 19.6 Å². The largest absolute Gasteiger partial charge is 0.347 e. The summed E-state index contributed by atoms with van der Waals surface area (Å²) in [6, 6.07) is 17.6. The summed E-state index contributed by atoms with van der Waals surface area (Å²) >= 11 is 2.94. The molecular weight excluding hydrogens is 452 g/mol. The third-order valence-corrected chi connectivity index (χ3v) is 6.87. The second kappa shape index (κ2) is 11.1. The number of aromatic nitrogens is 2. The van der Waals surface area contributed by atoms with Crippen LogP contribution in [0.4, 0.5) is 0 Å². The zero-order valence-corrected chi connectivity index (χ0v) is 20.1. The van der Waals surface area contributed by atoms with Gasteiger partial charge >= 0.3 is 0 Å². The molecule has 3 heterocycles. The fourth-order valence-corrected chi connectivity index (χ4v) is 4.99. The minimum absolute atomic E-state index is 0.0613. The van der Waals surface area contributed by atoms with Crippen LogP contribution in [0.1, 0.15) is 49.8 Å². The monoisotopic (exact) mass is 478 g/mol. The lowest BCUT2D eigenvalue weighted by Crippen LogP contribution is -2.31. The molecule has 4 rings (SSSR count). The standard InChI is InChI=1S/C25H26N4O2S2/c1-2-12-29(25(31)22-11-7-14-32-22)16-20-10-6-13-28(20)17-23-27-21(18-33-23)24(30)26-15-19-8-4-3-5-9-19/h3-11,13-14,18H,2,12,15-17H2,1H3,(H,26,30). The summed E-state index contributed by atoms with van der Waals surface area (Å²) in [5, 5.41) is 7.49. The maximum absolute atomic E-state index is 12.9. The lowest BCUT2D eigenvalue weighted by Gasteiger charge is -2.22. The Balaban J connectivity index is 1.39. The second-order valence-electron chi connectivity index (χ2n) is 7.63. The van der Waals surface area contributed by atoms with Crippen molar-refractivity contribution in [2.75, 3.05) is 6.54 Å². The van der Waals surface area contributed by atoms with E-state index in [0.717, 1.165) is 27.6 Å². The van der Waals surface area contributed by atoms with Crippen LogP contribution in [0.3, 0.4) is 0 Å². The summed E-state index contributed by atoms with van der Waals surface area (Å²) in [5.74, 6) is -0.115. The number of nitrogens with one attached hydrogen (secondary N) is 1. The fraction of sp³-hybridized carbons (Fsp3) is 0.240. The minimum Gasteiger partial charge on any atom is -0.347 e. The zero-order chi connectivity index (χ0) is 23.0. The molecule has 0 radical (unpaired) electrons. The van der Waals surface area contributed by atoms with Gasteiger partial charge in [0.25, 0.3) is 11.8 Å². The lowest BCUT2D eigenvalue weighted by atomic mass is 10.2. The Hall–Kier alpha value is -3.23. The van der Waals surface area contributed by atoms with Crippen LogP contribution in [0.15, 0.2) is 71.6 Å². The Labute approximate surface area is 201 Å². The quantitative estimate of drug-likeness (QED) is 0.347. The highest BCUT2D eigenvalue weighted by Gasteiger charge is 2.18. The molecule has 0 bridgehead atoms. The second-order valence-corrected chi connectivity index (χ2v) is 9.52. The van der Waals surface area contributed by atoms with E-state index in [9.17, 15) is 9.59 Å². The maximum atomic E-state index is 12.9. The minimum atomic E-state index is -0.176. The van der Waals surface area contributed by atoms with Gasteiger partial charge in [-0.1, -0.05) is 43.3 Å². The molecule has 2 amide bonds. The van der Waals surface area contributed by atoms with Crippen LogP contribution in [-0.4, -0.2) is 32.8 Å². The zero-order valence-electron chi connectivity index (χ0n) is 18.4. The molecule has 0 fully saturated rings. The third-order valence-electron chi connectivity index (χ3n) is 5.17. The van der Waals surface area contributed by atoms with E-state index < -0.39 is 0 Å². The molecule has 0 aliphatic heterocycles. The van der Waals surface area contributed by atoms with E-state index in [4.69, 9.17) is 0 Å². The number of carbonyl (C=O) groups excluding carboxylic acids is 2. The molecular formula is C25H26N4O2S2. The molecule has 3 aromatic heterocycles. The molecule has 4 aromatic rings. The van der Waals surface area contributed by atoms with Crippen molar-refractivity contribution >= 4 is 34.5 Å². The van der Waals surface area contributed by atoms with Crippen LogP contribution in [0.5, 0.6) is 0 Å². The first-order chi connectivity index (χ1) is 16.1. The Morgan fingerprint density at radius 1 is 1.06 bits per heavy atom. The van der Waals surface area contributed by atoms with Crippen molar-refractivity contribution in [3.63, 3.8) is 0 Å². The molecule has 0 aliphatic rings. The van der Waals surface area contributed by atoms with Crippen molar-refractivity contribution in [3.8, 4) is 0 Å². The van der Waals surface area contributed by atoms with Gasteiger partial charge in [0.05, 0.1) is 18.0 Å². The fourth-order valence-electron chi connectivity index (χ4n) is 3.52. The van der Waals surface area contributed by atoms with Gasteiger partial charge in [-0.05, 0) is 35.6 Å². The number of hydrogen-bond donors (Lipinski definition) is 1. The molecule has 0 saturated heterocycles. The third kappa shape index (κ3) is 5.97. The van der Waals surface area contributed by atoms with Gasteiger partial charge in [-0.3, -0.25) is 9.59 Å². The van der Waals surface area contributed by atoms with E-state index in [-0.39, 0.29) is 11.8 Å². The van der Waals surface area contributed by atoms with Crippen molar-refractivity contribution in [1.29, 1.82) is 0 Å². The summed E-state index contributed by atoms with van der Waals surface area (Å²) in [7, 11) is 0. The normalized spacial score (nSPS) is 10.8. The molecule has 33 heavy (non-hydrogen) atoms. The Morgan fingerprint density at radius 2 is 1.91 bits per heavy atom. The number of hydrogen-bond acceptors (Lipinski definition) is 5. The van der Waals surface area contributed by atoms with Crippen LogP contribution in [0, 0.1) is 0 Å². The first kappa shape index (κ1) is 22.9. The van der Waals surface area contributed by atoms with Gasteiger partial charge in [0.1, 0.15) is 10.7 Å². The number of benzene rings is 1. The molecule has 1 aromatic carbocycles. The predicted octanol–water partition coefficient (Wildman–Crippen LogP) is 5.04. The number of thiazole rings is 1. The van der Waals surface area contributed by atoms with E-state index in [1.165, 1.54) is 22.7 Å². The van der Waals surface area contributed by atoms with Gasteiger partial charge in [0.2, 0.25) is 0 Å². The van der Waals surface area contributed by atoms with Crippen LogP contribution < -0.4 is 5.32 Å². The highest BCUT2D eigenvalue weighted by molar-refractivity contribution is 7.12. The Morgan fingerprint density at radius 3 is 2.67 bits per heavy atom. The summed E-state index contributed by atoms with van der Waals surface area (Å²) in [6.45, 7) is 4.35. The van der Waals surface area contributed by atoms with E-state index >= 15 is 0 Å². The molecule has 0 saturated carbocycles. The molecule has 0 spiro atoms. The van der Waals surface area contributed by atoms with Crippen LogP contribution in [0.25, 0.3) is 0 Å². The Kier molecular flexibility index (Phi) is 7.70. The average molecular weight is 479 g/mol. The molecule has 0 unspecified atom stereocenters. The van der Waals surface area contributed by atoms with Gasteiger partial charge in [-0.25, -0.2) is 4.98 Å². The molecule has 8 heteroatoms. The number of carbonyl (C=O) groups is 2. The summed E-state index contributed by atoms with van der Waals surface area (Å²) < 4.78 is 2.09. The lowest BCUT2D eigenvalue weighted by molar-refractivity contribution is 0.0744. The van der Waals surface area contributed by atoms with E-state index in [2.05, 4.69) is 21.8 Å². The van der Waals surface area contributed by atoms with Crippen molar-refractivity contribution in [3.05, 3.63) is 98.4 Å². The highest BCUT2D eigenvalue weighted by atomic mass is 32.1. The number of thiophene rings is 1. The van der Waals surface area contributed by atoms with Gasteiger partial charge in [0.15, 0.2) is 0 Å². The van der Waals surface area contributed by atoms with Crippen molar-refractivity contribution in [2.45, 2.75) is 33.0 Å². The number of amides is 2. The van der Waals surface area contributed by atoms with Gasteiger partial charge in [-0.15, -0.1) is 22.7 Å². The summed E-state index contributed by atoms with van der Waals surface area (Å²) in [6.07, 6.45) is 2.89. The topological polar surface area (TPSA) is 67.2 Å². The molecule has 170 valence electrons. The van der Waals surface area contributed by atoms with Crippen molar-refractivity contribution in [1.82, 2.24) is 19.8 Å². The maximum Gasteiger partial charge on any atom is 0.271 e. The predicted molar refractivity (Wildman–Crippen MR) is 133 cm³/mol. The SMILES string of the molecule is CCCN(Cc1cccn1Cc1nc(C(=O)NCc2ccccc2)cs1)C(=O)c1cccs1. The number of rotatable bonds is 10. The summed E-state index contributed by atoms with van der Waals surface area (Å²) in [4.78, 5) is 32.6. The molecule has 6 nitrogen and oxygen atoms in total. The first-order valence-corrected chi connectivity index (χ1v) is 12.6. The van der Waals surface area contributed by atoms with E-state index in [1.807, 2.05) is 71.1 Å². The summed E-state index contributed by atoms with van der Waals surface area (Å²) in [5.41, 5.74) is 2.52. The molecule has 0 atom stereocenters. The molecule has 1 N–H and O–H groups in total. The smallest absolute Gasteiger partial charge is 0.271 e. The Bertz CT molecular complexity index is 1180. The van der Waals surface area contributed by atoms with Gasteiger partial charge in [-0.2, -0.15) is 0 Å². The van der Waals surface area contributed by atoms with Crippen molar-refractivity contribution < 1.29 is 9.59 Å². The van der Waals surface area contributed by atoms with Crippen LogP contribution >= 0.6 is 22.7 Å². The van der Waals surface area contributed by atoms with Gasteiger partial charge in [0, 0.05) is 30.4 Å². The average Bonchev–Trinajstić information content (AvgIpc) is 3.61.